The van der Waals surface area contributed by atoms with Crippen molar-refractivity contribution in [2.45, 2.75) is 39.0 Å². The fraction of sp³-hybridized carbons (Fsp3) is 0.786. The fourth-order valence-electron chi connectivity index (χ4n) is 2.86. The zero-order valence-corrected chi connectivity index (χ0v) is 11.6. The molecule has 0 aromatic rings. The number of likely N-dealkylation sites (tertiary alicyclic amines) is 2. The van der Waals surface area contributed by atoms with Crippen LogP contribution in [0.2, 0.25) is 0 Å². The van der Waals surface area contributed by atoms with Crippen LogP contribution in [0.25, 0.3) is 0 Å². The normalized spacial score (nSPS) is 24.5. The number of rotatable bonds is 2. The number of hydrogen-bond acceptors (Lipinski definition) is 3. The first-order valence-corrected chi connectivity index (χ1v) is 7.20. The molecule has 2 rings (SSSR count). The summed E-state index contributed by atoms with van der Waals surface area (Å²) in [6.07, 6.45) is 3.22. The van der Waals surface area contributed by atoms with Crippen LogP contribution in [0.3, 0.4) is 0 Å². The Hall–Kier alpha value is -1.39. The average molecular weight is 266 g/mol. The van der Waals surface area contributed by atoms with Gasteiger partial charge in [0.25, 0.3) is 0 Å². The van der Waals surface area contributed by atoms with E-state index < -0.39 is 0 Å². The lowest BCUT2D eigenvalue weighted by Crippen LogP contribution is -2.48. The predicted molar refractivity (Wildman–Crippen MR) is 70.4 cm³/mol. The van der Waals surface area contributed by atoms with Gasteiger partial charge >= 0.3 is 0 Å². The first-order valence-electron chi connectivity index (χ1n) is 7.20. The zero-order chi connectivity index (χ0) is 13.8. The Labute approximate surface area is 113 Å². The largest absolute Gasteiger partial charge is 0.342 e. The summed E-state index contributed by atoms with van der Waals surface area (Å²) in [4.78, 5) is 38.9. The molecule has 0 aliphatic carbocycles. The van der Waals surface area contributed by atoms with Gasteiger partial charge < -0.3 is 9.80 Å². The van der Waals surface area contributed by atoms with Crippen molar-refractivity contribution in [2.75, 3.05) is 26.2 Å². The van der Waals surface area contributed by atoms with Crippen molar-refractivity contribution in [3.63, 3.8) is 0 Å². The molecule has 0 spiro atoms. The van der Waals surface area contributed by atoms with E-state index in [1.165, 1.54) is 0 Å². The summed E-state index contributed by atoms with van der Waals surface area (Å²) >= 11 is 0. The molecule has 106 valence electrons. The van der Waals surface area contributed by atoms with Crippen LogP contribution < -0.4 is 0 Å². The van der Waals surface area contributed by atoms with Crippen LogP contribution in [0.5, 0.6) is 0 Å². The van der Waals surface area contributed by atoms with E-state index in [9.17, 15) is 14.4 Å². The number of piperidine rings is 2. The number of nitrogens with zero attached hydrogens (tertiary/aromatic N) is 2. The van der Waals surface area contributed by atoms with E-state index in [1.807, 2.05) is 6.92 Å². The van der Waals surface area contributed by atoms with Gasteiger partial charge in [-0.15, -0.1) is 0 Å². The van der Waals surface area contributed by atoms with Crippen molar-refractivity contribution in [3.05, 3.63) is 0 Å². The van der Waals surface area contributed by atoms with Crippen LogP contribution in [0.4, 0.5) is 0 Å². The fourth-order valence-corrected chi connectivity index (χ4v) is 2.86. The highest BCUT2D eigenvalue weighted by Crippen LogP contribution is 2.21. The van der Waals surface area contributed by atoms with Crippen molar-refractivity contribution >= 4 is 17.6 Å². The lowest BCUT2D eigenvalue weighted by molar-refractivity contribution is -0.142. The van der Waals surface area contributed by atoms with Gasteiger partial charge in [0.15, 0.2) is 0 Å². The van der Waals surface area contributed by atoms with Crippen LogP contribution in [0.15, 0.2) is 0 Å². The third-order valence-electron chi connectivity index (χ3n) is 4.06. The molecule has 2 fully saturated rings. The standard InChI is InChI=1S/C14H22N2O3/c1-2-13(18)16-7-3-4-11(10-16)14(19)15-8-5-12(17)6-9-15/h11H,2-10H2,1H3. The van der Waals surface area contributed by atoms with Gasteiger partial charge in [0, 0.05) is 45.4 Å². The highest BCUT2D eigenvalue weighted by molar-refractivity contribution is 5.85. The molecule has 2 heterocycles. The monoisotopic (exact) mass is 266 g/mol. The molecule has 5 nitrogen and oxygen atoms in total. The highest BCUT2D eigenvalue weighted by Gasteiger charge is 2.32. The molecule has 0 N–H and O–H groups in total. The summed E-state index contributed by atoms with van der Waals surface area (Å²) in [7, 11) is 0. The van der Waals surface area contributed by atoms with Gasteiger partial charge in [0.1, 0.15) is 5.78 Å². The van der Waals surface area contributed by atoms with Crippen LogP contribution in [-0.2, 0) is 14.4 Å². The number of amides is 2. The molecule has 2 amide bonds. The second-order valence-electron chi connectivity index (χ2n) is 5.40. The van der Waals surface area contributed by atoms with Crippen LogP contribution in [-0.4, -0.2) is 53.6 Å². The minimum Gasteiger partial charge on any atom is -0.342 e. The third kappa shape index (κ3) is 3.33. The van der Waals surface area contributed by atoms with Crippen molar-refractivity contribution < 1.29 is 14.4 Å². The second kappa shape index (κ2) is 6.17. The lowest BCUT2D eigenvalue weighted by Gasteiger charge is -2.36. The molecule has 0 saturated carbocycles. The zero-order valence-electron chi connectivity index (χ0n) is 11.6. The Kier molecular flexibility index (Phi) is 4.56. The quantitative estimate of drug-likeness (QED) is 0.743. The Bertz CT molecular complexity index is 371. The smallest absolute Gasteiger partial charge is 0.227 e. The molecule has 1 unspecified atom stereocenters. The molecule has 0 aromatic heterocycles. The molecule has 0 radical (unpaired) electrons. The number of Topliss-reactive ketones (excluding diaryl/α,β-unsaturated/α-hetero) is 1. The van der Waals surface area contributed by atoms with Gasteiger partial charge in [-0.25, -0.2) is 0 Å². The molecule has 2 saturated heterocycles. The number of carbonyl (C=O) groups is 3. The van der Waals surface area contributed by atoms with Crippen molar-refractivity contribution in [2.24, 2.45) is 5.92 Å². The molecular formula is C14H22N2O3. The second-order valence-corrected chi connectivity index (χ2v) is 5.40. The Morgan fingerprint density at radius 2 is 1.84 bits per heavy atom. The highest BCUT2D eigenvalue weighted by atomic mass is 16.2. The van der Waals surface area contributed by atoms with E-state index in [4.69, 9.17) is 0 Å². The van der Waals surface area contributed by atoms with Crippen molar-refractivity contribution in [1.82, 2.24) is 9.80 Å². The maximum Gasteiger partial charge on any atom is 0.227 e. The summed E-state index contributed by atoms with van der Waals surface area (Å²) in [6, 6.07) is 0. The molecule has 0 aromatic carbocycles. The van der Waals surface area contributed by atoms with Crippen LogP contribution in [0, 0.1) is 5.92 Å². The molecule has 2 aliphatic heterocycles. The molecule has 19 heavy (non-hydrogen) atoms. The van der Waals surface area contributed by atoms with Gasteiger partial charge in [-0.3, -0.25) is 14.4 Å². The Morgan fingerprint density at radius 3 is 2.47 bits per heavy atom. The Balaban J connectivity index is 1.91. The summed E-state index contributed by atoms with van der Waals surface area (Å²) in [6.45, 7) is 4.28. The van der Waals surface area contributed by atoms with Crippen molar-refractivity contribution in [3.8, 4) is 0 Å². The van der Waals surface area contributed by atoms with Gasteiger partial charge in [-0.2, -0.15) is 0 Å². The number of ketones is 1. The molecule has 2 aliphatic rings. The minimum absolute atomic E-state index is 0.0718. The topological polar surface area (TPSA) is 57.7 Å². The van der Waals surface area contributed by atoms with E-state index in [2.05, 4.69) is 0 Å². The maximum atomic E-state index is 12.4. The summed E-state index contributed by atoms with van der Waals surface area (Å²) < 4.78 is 0. The summed E-state index contributed by atoms with van der Waals surface area (Å²) in [5.74, 6) is 0.431. The minimum atomic E-state index is -0.0718. The molecule has 0 bridgehead atoms. The maximum absolute atomic E-state index is 12.4. The summed E-state index contributed by atoms with van der Waals surface area (Å²) in [5.41, 5.74) is 0. The van der Waals surface area contributed by atoms with E-state index in [-0.39, 0.29) is 23.5 Å². The number of hydrogen-bond donors (Lipinski definition) is 0. The predicted octanol–water partition coefficient (Wildman–Crippen LogP) is 0.827. The average Bonchev–Trinajstić information content (AvgIpc) is 2.46. The van der Waals surface area contributed by atoms with Gasteiger partial charge in [0.05, 0.1) is 5.92 Å². The molecule has 5 heteroatoms. The Morgan fingerprint density at radius 1 is 1.16 bits per heavy atom. The third-order valence-corrected chi connectivity index (χ3v) is 4.06. The van der Waals surface area contributed by atoms with E-state index in [0.717, 1.165) is 19.4 Å². The molecular weight excluding hydrogens is 244 g/mol. The van der Waals surface area contributed by atoms with E-state index in [1.54, 1.807) is 9.80 Å². The lowest BCUT2D eigenvalue weighted by atomic mass is 9.95. The van der Waals surface area contributed by atoms with Gasteiger partial charge in [-0.1, -0.05) is 6.92 Å². The van der Waals surface area contributed by atoms with E-state index in [0.29, 0.717) is 38.9 Å². The summed E-state index contributed by atoms with van der Waals surface area (Å²) in [5, 5.41) is 0. The SMILES string of the molecule is CCC(=O)N1CCCC(C(=O)N2CCC(=O)CC2)C1. The first kappa shape index (κ1) is 14.0. The van der Waals surface area contributed by atoms with Crippen molar-refractivity contribution in [1.29, 1.82) is 0 Å². The van der Waals surface area contributed by atoms with E-state index >= 15 is 0 Å². The molecule has 1 atom stereocenters. The first-order chi connectivity index (χ1) is 9.11. The number of carbonyl (C=O) groups excluding carboxylic acids is 3. The van der Waals surface area contributed by atoms with Gasteiger partial charge in [-0.05, 0) is 12.8 Å². The van der Waals surface area contributed by atoms with Gasteiger partial charge in [0.2, 0.25) is 11.8 Å². The van der Waals surface area contributed by atoms with Crippen LogP contribution in [0.1, 0.15) is 39.0 Å². The van der Waals surface area contributed by atoms with Crippen LogP contribution >= 0.6 is 0 Å².